The summed E-state index contributed by atoms with van der Waals surface area (Å²) in [4.78, 5) is 12.0. The second kappa shape index (κ2) is 7.89. The van der Waals surface area contributed by atoms with Crippen molar-refractivity contribution in [2.45, 2.75) is 19.6 Å². The highest BCUT2D eigenvalue weighted by Gasteiger charge is 2.04. The van der Waals surface area contributed by atoms with E-state index >= 15 is 0 Å². The van der Waals surface area contributed by atoms with Crippen molar-refractivity contribution in [3.05, 3.63) is 70.8 Å². The summed E-state index contributed by atoms with van der Waals surface area (Å²) in [5.74, 6) is 1.92. The third-order valence-electron chi connectivity index (χ3n) is 3.33. The van der Waals surface area contributed by atoms with Crippen molar-refractivity contribution in [3.8, 4) is 0 Å². The van der Waals surface area contributed by atoms with Gasteiger partial charge in [0.2, 0.25) is 0 Å². The van der Waals surface area contributed by atoms with E-state index in [2.05, 4.69) is 36.5 Å². The molecule has 0 heterocycles. The molecule has 0 unspecified atom stereocenters. The van der Waals surface area contributed by atoms with Crippen LogP contribution in [0.25, 0.3) is 0 Å². The molecule has 0 spiro atoms. The summed E-state index contributed by atoms with van der Waals surface area (Å²) in [6.45, 7) is 4.83. The first kappa shape index (κ1) is 15.6. The van der Waals surface area contributed by atoms with Gasteiger partial charge in [0.05, 0.1) is 0 Å². The van der Waals surface area contributed by atoms with Crippen LogP contribution >= 0.6 is 11.8 Å². The van der Waals surface area contributed by atoms with Crippen LogP contribution in [0.3, 0.4) is 0 Å². The average Bonchev–Trinajstić information content (AvgIpc) is 2.48. The van der Waals surface area contributed by atoms with E-state index in [0.29, 0.717) is 6.54 Å². The van der Waals surface area contributed by atoms with Crippen molar-refractivity contribution in [2.75, 3.05) is 12.3 Å². The van der Waals surface area contributed by atoms with Gasteiger partial charge in [-0.15, -0.1) is 0 Å². The first-order chi connectivity index (χ1) is 10.2. The van der Waals surface area contributed by atoms with Crippen LogP contribution in [-0.2, 0) is 5.75 Å². The standard InChI is InChI=1S/C18H21NOS/c1-14-6-5-9-16(12-14)18(20)19-10-11-21-13-17-8-4-3-7-15(17)2/h3-9,12H,10-11,13H2,1-2H3,(H,19,20). The number of benzene rings is 2. The van der Waals surface area contributed by atoms with Crippen molar-refractivity contribution in [1.29, 1.82) is 0 Å². The number of nitrogens with one attached hydrogen (secondary N) is 1. The third kappa shape index (κ3) is 4.94. The van der Waals surface area contributed by atoms with Crippen LogP contribution in [0, 0.1) is 13.8 Å². The largest absolute Gasteiger partial charge is 0.351 e. The summed E-state index contributed by atoms with van der Waals surface area (Å²) in [5.41, 5.74) is 4.54. The Labute approximate surface area is 131 Å². The highest BCUT2D eigenvalue weighted by atomic mass is 32.2. The molecular formula is C18H21NOS. The summed E-state index contributed by atoms with van der Waals surface area (Å²) in [5, 5.41) is 2.97. The fourth-order valence-corrected chi connectivity index (χ4v) is 3.01. The van der Waals surface area contributed by atoms with Crippen molar-refractivity contribution >= 4 is 17.7 Å². The number of thioether (sulfide) groups is 1. The highest BCUT2D eigenvalue weighted by molar-refractivity contribution is 7.98. The molecule has 0 fully saturated rings. The van der Waals surface area contributed by atoms with Gasteiger partial charge >= 0.3 is 0 Å². The lowest BCUT2D eigenvalue weighted by Crippen LogP contribution is -2.25. The van der Waals surface area contributed by atoms with E-state index in [1.54, 1.807) is 0 Å². The molecular weight excluding hydrogens is 278 g/mol. The van der Waals surface area contributed by atoms with Gasteiger partial charge in [-0.05, 0) is 37.1 Å². The Bertz CT molecular complexity index is 610. The van der Waals surface area contributed by atoms with Crippen molar-refractivity contribution in [3.63, 3.8) is 0 Å². The van der Waals surface area contributed by atoms with Crippen LogP contribution in [0.1, 0.15) is 27.0 Å². The smallest absolute Gasteiger partial charge is 0.251 e. The Morgan fingerprint density at radius 3 is 2.67 bits per heavy atom. The summed E-state index contributed by atoms with van der Waals surface area (Å²) in [6, 6.07) is 16.1. The average molecular weight is 299 g/mol. The maximum Gasteiger partial charge on any atom is 0.251 e. The van der Waals surface area contributed by atoms with E-state index < -0.39 is 0 Å². The molecule has 2 rings (SSSR count). The van der Waals surface area contributed by atoms with Gasteiger partial charge in [-0.2, -0.15) is 11.8 Å². The van der Waals surface area contributed by atoms with E-state index in [1.807, 2.05) is 43.0 Å². The molecule has 110 valence electrons. The van der Waals surface area contributed by atoms with E-state index in [4.69, 9.17) is 0 Å². The number of aryl methyl sites for hydroxylation is 2. The van der Waals surface area contributed by atoms with Crippen molar-refractivity contribution < 1.29 is 4.79 Å². The number of rotatable bonds is 6. The van der Waals surface area contributed by atoms with E-state index in [9.17, 15) is 4.79 Å². The van der Waals surface area contributed by atoms with Gasteiger partial charge in [0.25, 0.3) is 5.91 Å². The van der Waals surface area contributed by atoms with Gasteiger partial charge in [-0.3, -0.25) is 4.79 Å². The van der Waals surface area contributed by atoms with Gasteiger partial charge in [0, 0.05) is 23.6 Å². The van der Waals surface area contributed by atoms with E-state index in [-0.39, 0.29) is 5.91 Å². The molecule has 0 radical (unpaired) electrons. The molecule has 3 heteroatoms. The van der Waals surface area contributed by atoms with E-state index in [0.717, 1.165) is 22.6 Å². The van der Waals surface area contributed by atoms with Gasteiger partial charge in [-0.1, -0.05) is 42.0 Å². The molecule has 2 nitrogen and oxygen atoms in total. The molecule has 1 N–H and O–H groups in total. The molecule has 0 saturated carbocycles. The van der Waals surface area contributed by atoms with Crippen LogP contribution in [0.15, 0.2) is 48.5 Å². The summed E-state index contributed by atoms with van der Waals surface area (Å²) < 4.78 is 0. The van der Waals surface area contributed by atoms with Crippen LogP contribution in [0.4, 0.5) is 0 Å². The lowest BCUT2D eigenvalue weighted by atomic mass is 10.1. The quantitative estimate of drug-likeness (QED) is 0.818. The molecule has 0 atom stereocenters. The lowest BCUT2D eigenvalue weighted by Gasteiger charge is -2.07. The first-order valence-corrected chi connectivity index (χ1v) is 8.29. The number of carbonyl (C=O) groups is 1. The Morgan fingerprint density at radius 1 is 1.10 bits per heavy atom. The zero-order chi connectivity index (χ0) is 15.1. The van der Waals surface area contributed by atoms with Gasteiger partial charge in [0.1, 0.15) is 0 Å². The van der Waals surface area contributed by atoms with Gasteiger partial charge in [-0.25, -0.2) is 0 Å². The normalized spacial score (nSPS) is 10.4. The molecule has 0 aromatic heterocycles. The third-order valence-corrected chi connectivity index (χ3v) is 4.34. The molecule has 2 aromatic carbocycles. The monoisotopic (exact) mass is 299 g/mol. The molecule has 0 aliphatic rings. The predicted octanol–water partition coefficient (Wildman–Crippen LogP) is 3.97. The number of hydrogen-bond donors (Lipinski definition) is 1. The molecule has 0 bridgehead atoms. The second-order valence-electron chi connectivity index (χ2n) is 5.10. The summed E-state index contributed by atoms with van der Waals surface area (Å²) in [7, 11) is 0. The van der Waals surface area contributed by atoms with Crippen LogP contribution in [0.2, 0.25) is 0 Å². The Hall–Kier alpha value is -1.74. The van der Waals surface area contributed by atoms with Crippen LogP contribution in [0.5, 0.6) is 0 Å². The maximum atomic E-state index is 12.0. The summed E-state index contributed by atoms with van der Waals surface area (Å²) in [6.07, 6.45) is 0. The minimum absolute atomic E-state index is 0.00944. The van der Waals surface area contributed by atoms with Gasteiger partial charge < -0.3 is 5.32 Å². The second-order valence-corrected chi connectivity index (χ2v) is 6.21. The lowest BCUT2D eigenvalue weighted by molar-refractivity contribution is 0.0956. The topological polar surface area (TPSA) is 29.1 Å². The Kier molecular flexibility index (Phi) is 5.88. The fraction of sp³-hybridized carbons (Fsp3) is 0.278. The Morgan fingerprint density at radius 2 is 1.90 bits per heavy atom. The zero-order valence-corrected chi connectivity index (χ0v) is 13.4. The zero-order valence-electron chi connectivity index (χ0n) is 12.6. The van der Waals surface area contributed by atoms with E-state index in [1.165, 1.54) is 11.1 Å². The number of carbonyl (C=O) groups excluding carboxylic acids is 1. The Balaban J connectivity index is 1.70. The SMILES string of the molecule is Cc1cccc(C(=O)NCCSCc2ccccc2C)c1. The molecule has 1 amide bonds. The molecule has 0 saturated heterocycles. The maximum absolute atomic E-state index is 12.0. The highest BCUT2D eigenvalue weighted by Crippen LogP contribution is 2.15. The first-order valence-electron chi connectivity index (χ1n) is 7.14. The minimum Gasteiger partial charge on any atom is -0.351 e. The predicted molar refractivity (Wildman–Crippen MR) is 90.9 cm³/mol. The molecule has 2 aromatic rings. The number of amides is 1. The van der Waals surface area contributed by atoms with Crippen molar-refractivity contribution in [2.24, 2.45) is 0 Å². The van der Waals surface area contributed by atoms with Gasteiger partial charge in [0.15, 0.2) is 0 Å². The number of hydrogen-bond acceptors (Lipinski definition) is 2. The van der Waals surface area contributed by atoms with Crippen LogP contribution in [-0.4, -0.2) is 18.2 Å². The molecule has 0 aliphatic heterocycles. The van der Waals surface area contributed by atoms with Crippen LogP contribution < -0.4 is 5.32 Å². The molecule has 0 aliphatic carbocycles. The van der Waals surface area contributed by atoms with Crippen molar-refractivity contribution in [1.82, 2.24) is 5.32 Å². The summed E-state index contributed by atoms with van der Waals surface area (Å²) >= 11 is 1.85. The fourth-order valence-electron chi connectivity index (χ4n) is 2.08. The minimum atomic E-state index is 0.00944. The molecule has 21 heavy (non-hydrogen) atoms.